The van der Waals surface area contributed by atoms with Crippen LogP contribution in [0.15, 0.2) is 12.8 Å². The molecule has 4 nitrogen and oxygen atoms in total. The summed E-state index contributed by atoms with van der Waals surface area (Å²) in [6, 6.07) is 0. The molecule has 0 saturated heterocycles. The van der Waals surface area contributed by atoms with Gasteiger partial charge in [-0.15, -0.1) is 0 Å². The first kappa shape index (κ1) is 9.84. The fourth-order valence-electron chi connectivity index (χ4n) is 0.554. The smallest absolute Gasteiger partial charge is 0.340 e. The zero-order chi connectivity index (χ0) is 8.69. The van der Waals surface area contributed by atoms with Crippen molar-refractivity contribution in [1.29, 1.82) is 5.41 Å². The second kappa shape index (κ2) is 5.61. The maximum absolute atomic E-state index is 10.8. The summed E-state index contributed by atoms with van der Waals surface area (Å²) < 4.78 is 9.18. The van der Waals surface area contributed by atoms with Crippen LogP contribution in [0.4, 0.5) is 0 Å². The molecule has 0 fully saturated rings. The fourth-order valence-corrected chi connectivity index (χ4v) is 0.554. The fraction of sp³-hybridized carbons (Fsp3) is 0.429. The highest BCUT2D eigenvalue weighted by atomic mass is 16.6. The maximum atomic E-state index is 10.8. The molecule has 4 heteroatoms. The van der Waals surface area contributed by atoms with Crippen molar-refractivity contribution in [3.63, 3.8) is 0 Å². The number of hydrogen-bond acceptors (Lipinski definition) is 4. The van der Waals surface area contributed by atoms with E-state index in [-0.39, 0.29) is 6.42 Å². The lowest BCUT2D eigenvalue weighted by Gasteiger charge is -2.08. The molecule has 0 saturated carbocycles. The van der Waals surface area contributed by atoms with E-state index in [0.717, 1.165) is 12.5 Å². The number of ether oxygens (including phenoxy) is 2. The molecule has 0 aromatic rings. The van der Waals surface area contributed by atoms with Gasteiger partial charge in [0, 0.05) is 13.5 Å². The van der Waals surface area contributed by atoms with Crippen LogP contribution in [0.5, 0.6) is 0 Å². The van der Waals surface area contributed by atoms with Crippen LogP contribution in [0.2, 0.25) is 0 Å². The summed E-state index contributed by atoms with van der Waals surface area (Å²) >= 11 is 0. The number of esters is 1. The summed E-state index contributed by atoms with van der Waals surface area (Å²) in [5, 5.41) is 6.72. The van der Waals surface area contributed by atoms with Gasteiger partial charge in [0.2, 0.25) is 0 Å². The Hall–Kier alpha value is -1.16. The molecule has 62 valence electrons. The molecule has 0 heterocycles. The predicted octanol–water partition coefficient (Wildman–Crippen LogP) is 0.728. The Labute approximate surface area is 65.3 Å². The number of carbonyl (C=O) groups excluding carboxylic acids is 1. The minimum Gasteiger partial charge on any atom is -0.433 e. The van der Waals surface area contributed by atoms with E-state index in [1.54, 1.807) is 0 Å². The Kier molecular flexibility index (Phi) is 5.02. The first-order chi connectivity index (χ1) is 5.26. The quantitative estimate of drug-likeness (QED) is 0.363. The molecule has 0 radical (unpaired) electrons. The third-order valence-corrected chi connectivity index (χ3v) is 1.08. The van der Waals surface area contributed by atoms with Gasteiger partial charge in [0.15, 0.2) is 6.10 Å². The largest absolute Gasteiger partial charge is 0.433 e. The highest BCUT2D eigenvalue weighted by Crippen LogP contribution is 1.97. The third-order valence-electron chi connectivity index (χ3n) is 1.08. The first-order valence-corrected chi connectivity index (χ1v) is 3.09. The highest BCUT2D eigenvalue weighted by molar-refractivity contribution is 5.78. The van der Waals surface area contributed by atoms with E-state index in [1.807, 2.05) is 0 Å². The molecule has 1 N–H and O–H groups in total. The average molecular weight is 157 g/mol. The van der Waals surface area contributed by atoms with E-state index in [9.17, 15) is 4.79 Å². The standard InChI is InChI=1S/C7H11NO3/c1-3-11-7(9)6(10-2)4-5-8/h3,5-6,8H,1,4H2,2H3. The molecule has 0 rings (SSSR count). The zero-order valence-corrected chi connectivity index (χ0v) is 6.37. The molecule has 0 aromatic carbocycles. The first-order valence-electron chi connectivity index (χ1n) is 3.09. The average Bonchev–Trinajstić information content (AvgIpc) is 2.00. The van der Waals surface area contributed by atoms with Gasteiger partial charge in [-0.05, 0) is 6.21 Å². The monoisotopic (exact) mass is 157 g/mol. The van der Waals surface area contributed by atoms with Crippen LogP contribution < -0.4 is 0 Å². The molecule has 0 spiro atoms. The summed E-state index contributed by atoms with van der Waals surface area (Å²) in [5.41, 5.74) is 0. The number of rotatable bonds is 5. The van der Waals surface area contributed by atoms with Crippen molar-refractivity contribution in [2.75, 3.05) is 7.11 Å². The minimum absolute atomic E-state index is 0.225. The molecule has 0 amide bonds. The molecule has 0 aliphatic rings. The van der Waals surface area contributed by atoms with E-state index in [4.69, 9.17) is 10.1 Å². The van der Waals surface area contributed by atoms with E-state index in [1.165, 1.54) is 7.11 Å². The lowest BCUT2D eigenvalue weighted by Crippen LogP contribution is -2.24. The zero-order valence-electron chi connectivity index (χ0n) is 6.37. The highest BCUT2D eigenvalue weighted by Gasteiger charge is 2.16. The van der Waals surface area contributed by atoms with Crippen LogP contribution in [0.25, 0.3) is 0 Å². The van der Waals surface area contributed by atoms with Crippen LogP contribution in [-0.4, -0.2) is 25.4 Å². The van der Waals surface area contributed by atoms with E-state index >= 15 is 0 Å². The molecule has 1 atom stereocenters. The summed E-state index contributed by atoms with van der Waals surface area (Å²) in [4.78, 5) is 10.8. The van der Waals surface area contributed by atoms with Crippen molar-refractivity contribution in [2.24, 2.45) is 0 Å². The van der Waals surface area contributed by atoms with Gasteiger partial charge < -0.3 is 14.9 Å². The van der Waals surface area contributed by atoms with Gasteiger partial charge >= 0.3 is 5.97 Å². The molecular formula is C7H11NO3. The van der Waals surface area contributed by atoms with Gasteiger partial charge in [-0.1, -0.05) is 6.58 Å². The van der Waals surface area contributed by atoms with Crippen LogP contribution in [0, 0.1) is 5.41 Å². The normalized spacial score (nSPS) is 11.7. The molecular weight excluding hydrogens is 146 g/mol. The summed E-state index contributed by atoms with van der Waals surface area (Å²) in [6.45, 7) is 3.22. The molecule has 11 heavy (non-hydrogen) atoms. The van der Waals surface area contributed by atoms with E-state index in [2.05, 4.69) is 11.3 Å². The molecule has 1 unspecified atom stereocenters. The van der Waals surface area contributed by atoms with Crippen LogP contribution in [-0.2, 0) is 14.3 Å². The van der Waals surface area contributed by atoms with Crippen LogP contribution in [0.3, 0.4) is 0 Å². The van der Waals surface area contributed by atoms with Crippen molar-refractivity contribution in [1.82, 2.24) is 0 Å². The van der Waals surface area contributed by atoms with Crippen molar-refractivity contribution in [2.45, 2.75) is 12.5 Å². The predicted molar refractivity (Wildman–Crippen MR) is 40.5 cm³/mol. The molecule has 0 aromatic heterocycles. The number of methoxy groups -OCH3 is 1. The van der Waals surface area contributed by atoms with Crippen molar-refractivity contribution >= 4 is 12.2 Å². The molecule has 0 aliphatic carbocycles. The summed E-state index contributed by atoms with van der Waals surface area (Å²) in [7, 11) is 1.39. The van der Waals surface area contributed by atoms with Gasteiger partial charge in [0.05, 0.1) is 6.26 Å². The van der Waals surface area contributed by atoms with Gasteiger partial charge in [0.25, 0.3) is 0 Å². The molecule has 0 aliphatic heterocycles. The second-order valence-corrected chi connectivity index (χ2v) is 1.77. The van der Waals surface area contributed by atoms with Crippen LogP contribution in [0.1, 0.15) is 6.42 Å². The van der Waals surface area contributed by atoms with Crippen molar-refractivity contribution in [3.8, 4) is 0 Å². The molecule has 0 bridgehead atoms. The number of nitrogens with one attached hydrogen (secondary N) is 1. The Morgan fingerprint density at radius 2 is 2.45 bits per heavy atom. The maximum Gasteiger partial charge on any atom is 0.340 e. The summed E-state index contributed by atoms with van der Waals surface area (Å²) in [5.74, 6) is -0.522. The lowest BCUT2D eigenvalue weighted by molar-refractivity contribution is -0.148. The summed E-state index contributed by atoms with van der Waals surface area (Å²) in [6.07, 6.45) is 1.67. The van der Waals surface area contributed by atoms with Crippen LogP contribution >= 0.6 is 0 Å². The number of hydrogen-bond donors (Lipinski definition) is 1. The van der Waals surface area contributed by atoms with E-state index in [0.29, 0.717) is 0 Å². The number of carbonyl (C=O) groups is 1. The minimum atomic E-state index is -0.689. The van der Waals surface area contributed by atoms with Crippen molar-refractivity contribution in [3.05, 3.63) is 12.8 Å². The van der Waals surface area contributed by atoms with Gasteiger partial charge in [-0.25, -0.2) is 4.79 Å². The van der Waals surface area contributed by atoms with Gasteiger partial charge in [-0.3, -0.25) is 0 Å². The van der Waals surface area contributed by atoms with E-state index < -0.39 is 12.1 Å². The SMILES string of the molecule is C=COC(=O)C(CC=N)OC. The lowest BCUT2D eigenvalue weighted by atomic mass is 10.3. The second-order valence-electron chi connectivity index (χ2n) is 1.77. The topological polar surface area (TPSA) is 59.4 Å². The Morgan fingerprint density at radius 3 is 2.82 bits per heavy atom. The Bertz CT molecular complexity index is 156. The van der Waals surface area contributed by atoms with Gasteiger partial charge in [0.1, 0.15) is 0 Å². The van der Waals surface area contributed by atoms with Gasteiger partial charge in [-0.2, -0.15) is 0 Å². The van der Waals surface area contributed by atoms with Crippen molar-refractivity contribution < 1.29 is 14.3 Å². The Balaban J connectivity index is 3.90. The Morgan fingerprint density at radius 1 is 1.82 bits per heavy atom. The third kappa shape index (κ3) is 3.52.